The van der Waals surface area contributed by atoms with Crippen LogP contribution < -0.4 is 10.6 Å². The van der Waals surface area contributed by atoms with Gasteiger partial charge in [0.2, 0.25) is 0 Å². The van der Waals surface area contributed by atoms with E-state index in [1.165, 1.54) is 0 Å². The van der Waals surface area contributed by atoms with E-state index in [2.05, 4.69) is 10.6 Å². The fraction of sp³-hybridized carbons (Fsp3) is 0.667. The van der Waals surface area contributed by atoms with Crippen molar-refractivity contribution in [3.05, 3.63) is 0 Å². The first-order valence-corrected chi connectivity index (χ1v) is 7.67. The van der Waals surface area contributed by atoms with Crippen LogP contribution in [0.1, 0.15) is 29.0 Å². The Morgan fingerprint density at radius 2 is 1.73 bits per heavy atom. The highest BCUT2D eigenvalue weighted by Crippen LogP contribution is 2.01. The van der Waals surface area contributed by atoms with E-state index in [0.29, 0.717) is 0 Å². The number of rotatable bonds is 9. The highest BCUT2D eigenvalue weighted by atomic mass is 32.2. The predicted molar refractivity (Wildman–Crippen MR) is 81.7 cm³/mol. The Labute approximate surface area is 134 Å². The molecule has 2 amide bonds. The summed E-state index contributed by atoms with van der Waals surface area (Å²) in [5.41, 5.74) is 0. The lowest BCUT2D eigenvalue weighted by Gasteiger charge is -2.17. The summed E-state index contributed by atoms with van der Waals surface area (Å²) in [5, 5.41) is 22.2. The average molecular weight is 339 g/mol. The SMILES string of the molecule is C[C@H](CCS[11CH3])NC(=O)N[C@@H](CCC(=O)O)C(=O)O.O=C=O.[HH].[HH]. The van der Waals surface area contributed by atoms with E-state index in [4.69, 9.17) is 19.8 Å². The van der Waals surface area contributed by atoms with Crippen LogP contribution >= 0.6 is 11.8 Å². The lowest BCUT2D eigenvalue weighted by atomic mass is 10.1. The first kappa shape index (κ1) is 22.2. The van der Waals surface area contributed by atoms with E-state index in [1.54, 1.807) is 11.8 Å². The van der Waals surface area contributed by atoms with Crippen LogP contribution in [-0.4, -0.2) is 58.4 Å². The van der Waals surface area contributed by atoms with Crippen LogP contribution in [0.25, 0.3) is 0 Å². The molecule has 0 unspecified atom stereocenters. The van der Waals surface area contributed by atoms with Gasteiger partial charge in [0.25, 0.3) is 0 Å². The zero-order valence-electron chi connectivity index (χ0n) is 12.3. The largest absolute Gasteiger partial charge is 0.481 e. The Bertz CT molecular complexity index is 407. The van der Waals surface area contributed by atoms with Crippen molar-refractivity contribution in [2.75, 3.05) is 12.0 Å². The van der Waals surface area contributed by atoms with Gasteiger partial charge >= 0.3 is 24.1 Å². The molecule has 0 fully saturated rings. The molecule has 0 bridgehead atoms. The number of hydrogen-bond donors (Lipinski definition) is 4. The van der Waals surface area contributed by atoms with E-state index in [-0.39, 0.29) is 27.9 Å². The smallest absolute Gasteiger partial charge is 0.373 e. The Kier molecular flexibility index (Phi) is 14.0. The van der Waals surface area contributed by atoms with Gasteiger partial charge in [0.05, 0.1) is 0 Å². The Hall–Kier alpha value is -2.06. The van der Waals surface area contributed by atoms with Crippen molar-refractivity contribution in [1.82, 2.24) is 10.6 Å². The van der Waals surface area contributed by atoms with E-state index < -0.39 is 24.0 Å². The normalized spacial score (nSPS) is 11.9. The van der Waals surface area contributed by atoms with Gasteiger partial charge < -0.3 is 20.8 Å². The molecule has 4 N–H and O–H groups in total. The van der Waals surface area contributed by atoms with Crippen LogP contribution in [0.3, 0.4) is 0 Å². The summed E-state index contributed by atoms with van der Waals surface area (Å²) in [7, 11) is 0. The van der Waals surface area contributed by atoms with Crippen molar-refractivity contribution < 1.29 is 37.0 Å². The van der Waals surface area contributed by atoms with Crippen molar-refractivity contribution in [1.29, 1.82) is 0 Å². The molecule has 0 rings (SSSR count). The quantitative estimate of drug-likeness (QED) is 0.478. The number of carboxylic acid groups (broad SMARTS) is 2. The molecule has 130 valence electrons. The van der Waals surface area contributed by atoms with E-state index in [1.807, 2.05) is 13.2 Å². The van der Waals surface area contributed by atoms with Gasteiger partial charge in [0.15, 0.2) is 0 Å². The summed E-state index contributed by atoms with van der Waals surface area (Å²) in [4.78, 5) is 49.0. The Morgan fingerprint density at radius 1 is 1.18 bits per heavy atom. The van der Waals surface area contributed by atoms with Crippen LogP contribution in [0.2, 0.25) is 0 Å². The molecule has 9 nitrogen and oxygen atoms in total. The zero-order chi connectivity index (χ0) is 17.5. The maximum atomic E-state index is 11.5. The fourth-order valence-corrected chi connectivity index (χ4v) is 1.90. The van der Waals surface area contributed by atoms with Gasteiger partial charge in [-0.15, -0.1) is 0 Å². The molecule has 0 heterocycles. The number of thioether (sulfide) groups is 1. The first-order chi connectivity index (χ1) is 10.3. The number of aliphatic carboxylic acids is 2. The van der Waals surface area contributed by atoms with Crippen LogP contribution in [0.5, 0.6) is 0 Å². The number of amides is 2. The number of carboxylic acids is 2. The second-order valence-electron chi connectivity index (χ2n) is 4.21. The zero-order valence-corrected chi connectivity index (χ0v) is 13.1. The molecule has 0 aromatic heterocycles. The maximum Gasteiger partial charge on any atom is 0.373 e. The molecule has 0 aliphatic carbocycles. The summed E-state index contributed by atoms with van der Waals surface area (Å²) < 4.78 is 0. The van der Waals surface area contributed by atoms with Crippen LogP contribution in [-0.2, 0) is 19.2 Å². The molecule has 0 aromatic rings. The van der Waals surface area contributed by atoms with Crippen LogP contribution in [0.4, 0.5) is 4.79 Å². The van der Waals surface area contributed by atoms with Crippen molar-refractivity contribution >= 4 is 35.9 Å². The van der Waals surface area contributed by atoms with E-state index >= 15 is 0 Å². The third-order valence-corrected chi connectivity index (χ3v) is 3.03. The third-order valence-electron chi connectivity index (χ3n) is 2.38. The number of hydrogen-bond acceptors (Lipinski definition) is 6. The van der Waals surface area contributed by atoms with Gasteiger partial charge in [-0.25, -0.2) is 9.59 Å². The van der Waals surface area contributed by atoms with Gasteiger partial charge in [-0.1, -0.05) is 0 Å². The molecule has 0 saturated heterocycles. The maximum absolute atomic E-state index is 11.5. The van der Waals surface area contributed by atoms with Gasteiger partial charge in [-0.2, -0.15) is 21.4 Å². The molecule has 0 aliphatic heterocycles. The number of carbonyl (C=O) groups excluding carboxylic acids is 3. The lowest BCUT2D eigenvalue weighted by Crippen LogP contribution is -2.48. The topological polar surface area (TPSA) is 150 Å². The van der Waals surface area contributed by atoms with Crippen molar-refractivity contribution in [3.8, 4) is 0 Å². The highest BCUT2D eigenvalue weighted by Gasteiger charge is 2.21. The van der Waals surface area contributed by atoms with Crippen molar-refractivity contribution in [2.24, 2.45) is 0 Å². The Balaban J connectivity index is -0.000000370. The summed E-state index contributed by atoms with van der Waals surface area (Å²) in [5.74, 6) is -1.45. The molecule has 0 aliphatic rings. The highest BCUT2D eigenvalue weighted by molar-refractivity contribution is 7.98. The predicted octanol–water partition coefficient (Wildman–Crippen LogP) is 0.654. The number of nitrogens with one attached hydrogen (secondary N) is 2. The molecular formula is C12H24N2O7S. The summed E-state index contributed by atoms with van der Waals surface area (Å²) in [6.45, 7) is 1.82. The lowest BCUT2D eigenvalue weighted by molar-refractivity contribution is -0.191. The monoisotopic (exact) mass is 339 g/mol. The number of carbonyl (C=O) groups is 3. The summed E-state index contributed by atoms with van der Waals surface area (Å²) >= 11 is 1.66. The molecule has 0 aromatic carbocycles. The third kappa shape index (κ3) is 14.4. The molecular weight excluding hydrogens is 315 g/mol. The fourth-order valence-electron chi connectivity index (χ4n) is 1.32. The van der Waals surface area contributed by atoms with Gasteiger partial charge in [0, 0.05) is 15.3 Å². The van der Waals surface area contributed by atoms with Gasteiger partial charge in [-0.3, -0.25) is 4.79 Å². The average Bonchev–Trinajstić information content (AvgIpc) is 2.41. The molecule has 22 heavy (non-hydrogen) atoms. The molecule has 0 radical (unpaired) electrons. The van der Waals surface area contributed by atoms with Crippen LogP contribution in [0, 0.1) is 0 Å². The Morgan fingerprint density at radius 3 is 2.14 bits per heavy atom. The molecule has 2 atom stereocenters. The minimum absolute atomic E-state index is 0. The first-order valence-electron chi connectivity index (χ1n) is 6.28. The molecule has 0 spiro atoms. The van der Waals surface area contributed by atoms with E-state index in [9.17, 15) is 14.4 Å². The van der Waals surface area contributed by atoms with Crippen molar-refractivity contribution in [2.45, 2.75) is 38.3 Å². The molecule has 10 heteroatoms. The van der Waals surface area contributed by atoms with Gasteiger partial charge in [-0.05, 0) is 31.8 Å². The van der Waals surface area contributed by atoms with Crippen LogP contribution in [0.15, 0.2) is 0 Å². The summed E-state index contributed by atoms with van der Waals surface area (Å²) in [6.07, 6.45) is 2.54. The van der Waals surface area contributed by atoms with Gasteiger partial charge in [0.1, 0.15) is 6.04 Å². The standard InChI is InChI=1S/C11H20N2O5S.CO2.2H2/c1-7(5-6-19-2)12-11(18)13-8(10(16)17)3-4-9(14)15;2-1-3;;/h7-8H,3-6H2,1-2H3,(H,14,15)(H,16,17)(H2,12,13,18);;2*1H/t7-,8+;;;/m1.../s1/i2-1;;;. The minimum Gasteiger partial charge on any atom is -0.481 e. The summed E-state index contributed by atoms with van der Waals surface area (Å²) in [6, 6.07) is -1.85. The molecule has 0 saturated carbocycles. The number of urea groups is 1. The second-order valence-corrected chi connectivity index (χ2v) is 5.19. The van der Waals surface area contributed by atoms with Crippen molar-refractivity contribution in [3.63, 3.8) is 0 Å². The van der Waals surface area contributed by atoms with E-state index in [0.717, 1.165) is 12.2 Å². The minimum atomic E-state index is -1.24. The second kappa shape index (κ2) is 13.9.